The molecule has 1 unspecified atom stereocenters. The van der Waals surface area contributed by atoms with Gasteiger partial charge in [0, 0.05) is 6.04 Å². The van der Waals surface area contributed by atoms with Crippen molar-refractivity contribution in [3.05, 3.63) is 65.7 Å². The highest BCUT2D eigenvalue weighted by Crippen LogP contribution is 2.34. The van der Waals surface area contributed by atoms with E-state index in [2.05, 4.69) is 36.2 Å². The Kier molecular flexibility index (Phi) is 4.83. The minimum Gasteiger partial charge on any atom is -0.299 e. The van der Waals surface area contributed by atoms with Crippen LogP contribution >= 0.6 is 0 Å². The third kappa shape index (κ3) is 3.65. The Labute approximate surface area is 138 Å². The quantitative estimate of drug-likeness (QED) is 0.814. The van der Waals surface area contributed by atoms with E-state index in [0.717, 1.165) is 19.4 Å². The van der Waals surface area contributed by atoms with Crippen molar-refractivity contribution in [2.75, 3.05) is 19.3 Å². The second kappa shape index (κ2) is 6.85. The van der Waals surface area contributed by atoms with E-state index in [9.17, 15) is 8.42 Å². The third-order valence-corrected chi connectivity index (χ3v) is 6.48. The molecule has 0 aliphatic heterocycles. The van der Waals surface area contributed by atoms with Crippen LogP contribution in [0.4, 0.5) is 0 Å². The third-order valence-electron chi connectivity index (χ3n) is 4.66. The Bertz CT molecular complexity index is 756. The van der Waals surface area contributed by atoms with Crippen LogP contribution in [0.1, 0.15) is 30.0 Å². The van der Waals surface area contributed by atoms with Gasteiger partial charge in [0.2, 0.25) is 0 Å². The van der Waals surface area contributed by atoms with Crippen molar-refractivity contribution in [2.24, 2.45) is 0 Å². The number of fused-ring (bicyclic) bond motifs is 1. The fourth-order valence-electron chi connectivity index (χ4n) is 3.40. The molecule has 23 heavy (non-hydrogen) atoms. The summed E-state index contributed by atoms with van der Waals surface area (Å²) in [5, 5.41) is 0. The summed E-state index contributed by atoms with van der Waals surface area (Å²) in [5.41, 5.74) is 2.84. The molecule has 3 nitrogen and oxygen atoms in total. The van der Waals surface area contributed by atoms with Gasteiger partial charge in [0.1, 0.15) is 0 Å². The Morgan fingerprint density at radius 3 is 2.52 bits per heavy atom. The molecule has 3 rings (SSSR count). The summed E-state index contributed by atoms with van der Waals surface area (Å²) in [5.74, 6) is 0.204. The highest BCUT2D eigenvalue weighted by molar-refractivity contribution is 7.91. The van der Waals surface area contributed by atoms with Gasteiger partial charge in [-0.25, -0.2) is 8.42 Å². The van der Waals surface area contributed by atoms with Crippen LogP contribution in [-0.4, -0.2) is 32.7 Å². The summed E-state index contributed by atoms with van der Waals surface area (Å²) < 4.78 is 24.6. The fourth-order valence-corrected chi connectivity index (χ4v) is 4.71. The van der Waals surface area contributed by atoms with E-state index in [-0.39, 0.29) is 5.75 Å². The monoisotopic (exact) mass is 329 g/mol. The molecular weight excluding hydrogens is 306 g/mol. The molecule has 122 valence electrons. The van der Waals surface area contributed by atoms with Crippen molar-refractivity contribution in [3.8, 4) is 0 Å². The highest BCUT2D eigenvalue weighted by Gasteiger charge is 2.25. The van der Waals surface area contributed by atoms with Crippen LogP contribution in [-0.2, 0) is 16.3 Å². The van der Waals surface area contributed by atoms with Crippen molar-refractivity contribution < 1.29 is 8.42 Å². The Balaban J connectivity index is 1.57. The molecule has 0 amide bonds. The number of aryl methyl sites for hydroxylation is 1. The lowest BCUT2D eigenvalue weighted by Gasteiger charge is -2.25. The molecule has 1 aliphatic rings. The van der Waals surface area contributed by atoms with Gasteiger partial charge in [-0.2, -0.15) is 0 Å². The molecular formula is C19H23NO2S. The van der Waals surface area contributed by atoms with Gasteiger partial charge < -0.3 is 0 Å². The molecule has 0 fully saturated rings. The van der Waals surface area contributed by atoms with Crippen molar-refractivity contribution in [1.82, 2.24) is 4.90 Å². The summed E-state index contributed by atoms with van der Waals surface area (Å²) in [4.78, 5) is 2.72. The Hall–Kier alpha value is -1.65. The van der Waals surface area contributed by atoms with Gasteiger partial charge in [-0.1, -0.05) is 42.5 Å². The van der Waals surface area contributed by atoms with Crippen LogP contribution in [0, 0.1) is 0 Å². The van der Waals surface area contributed by atoms with Crippen molar-refractivity contribution in [2.45, 2.75) is 30.2 Å². The first-order valence-corrected chi connectivity index (χ1v) is 9.79. The molecule has 0 radical (unpaired) electrons. The SMILES string of the molecule is CN(CCCS(=O)(=O)c1ccccc1)C1CCc2ccccc21. The van der Waals surface area contributed by atoms with Gasteiger partial charge in [0.05, 0.1) is 10.6 Å². The number of sulfone groups is 1. The zero-order valence-corrected chi connectivity index (χ0v) is 14.3. The van der Waals surface area contributed by atoms with Gasteiger partial charge in [-0.15, -0.1) is 0 Å². The summed E-state index contributed by atoms with van der Waals surface area (Å²) in [6.45, 7) is 0.797. The second-order valence-electron chi connectivity index (χ2n) is 6.22. The van der Waals surface area contributed by atoms with Crippen LogP contribution in [0.15, 0.2) is 59.5 Å². The molecule has 0 spiro atoms. The highest BCUT2D eigenvalue weighted by atomic mass is 32.2. The van der Waals surface area contributed by atoms with E-state index < -0.39 is 9.84 Å². The predicted molar refractivity (Wildman–Crippen MR) is 93.2 cm³/mol. The Morgan fingerprint density at radius 2 is 1.74 bits per heavy atom. The van der Waals surface area contributed by atoms with Crippen LogP contribution in [0.25, 0.3) is 0 Å². The van der Waals surface area contributed by atoms with E-state index in [0.29, 0.717) is 17.4 Å². The minimum atomic E-state index is -3.17. The normalized spacial score (nSPS) is 17.4. The number of benzene rings is 2. The van der Waals surface area contributed by atoms with E-state index >= 15 is 0 Å². The number of nitrogens with zero attached hydrogens (tertiary/aromatic N) is 1. The first-order valence-electron chi connectivity index (χ1n) is 8.14. The summed E-state index contributed by atoms with van der Waals surface area (Å²) in [6, 6.07) is 17.7. The van der Waals surface area contributed by atoms with Crippen molar-refractivity contribution in [1.29, 1.82) is 0 Å². The minimum absolute atomic E-state index is 0.204. The second-order valence-corrected chi connectivity index (χ2v) is 8.33. The smallest absolute Gasteiger partial charge is 0.178 e. The van der Waals surface area contributed by atoms with E-state index in [4.69, 9.17) is 0 Å². The molecule has 1 aliphatic carbocycles. The largest absolute Gasteiger partial charge is 0.299 e. The van der Waals surface area contributed by atoms with Crippen LogP contribution < -0.4 is 0 Å². The van der Waals surface area contributed by atoms with Crippen LogP contribution in [0.5, 0.6) is 0 Å². The van der Waals surface area contributed by atoms with Crippen molar-refractivity contribution in [3.63, 3.8) is 0 Å². The maximum atomic E-state index is 12.3. The molecule has 4 heteroatoms. The molecule has 0 saturated heterocycles. The van der Waals surface area contributed by atoms with Crippen LogP contribution in [0.3, 0.4) is 0 Å². The molecule has 2 aromatic carbocycles. The molecule has 0 aromatic heterocycles. The summed E-state index contributed by atoms with van der Waals surface area (Å²) >= 11 is 0. The number of hydrogen-bond donors (Lipinski definition) is 0. The van der Waals surface area contributed by atoms with Crippen molar-refractivity contribution >= 4 is 9.84 Å². The first-order chi connectivity index (χ1) is 11.1. The van der Waals surface area contributed by atoms with Gasteiger partial charge in [-0.3, -0.25) is 4.90 Å². The molecule has 0 bridgehead atoms. The molecule has 0 N–H and O–H groups in total. The van der Waals surface area contributed by atoms with Gasteiger partial charge in [0.15, 0.2) is 9.84 Å². The molecule has 1 atom stereocenters. The summed E-state index contributed by atoms with van der Waals surface area (Å²) in [6.07, 6.45) is 2.90. The lowest BCUT2D eigenvalue weighted by Crippen LogP contribution is -2.25. The Morgan fingerprint density at radius 1 is 1.04 bits per heavy atom. The van der Waals surface area contributed by atoms with Crippen LogP contribution in [0.2, 0.25) is 0 Å². The van der Waals surface area contributed by atoms with Gasteiger partial charge >= 0.3 is 0 Å². The lowest BCUT2D eigenvalue weighted by molar-refractivity contribution is 0.245. The van der Waals surface area contributed by atoms with E-state index in [1.807, 2.05) is 6.07 Å². The zero-order chi connectivity index (χ0) is 16.3. The molecule has 2 aromatic rings. The average Bonchev–Trinajstić information content (AvgIpc) is 2.99. The predicted octanol–water partition coefficient (Wildman–Crippen LogP) is 3.47. The summed E-state index contributed by atoms with van der Waals surface area (Å²) in [7, 11) is -1.07. The van der Waals surface area contributed by atoms with E-state index in [1.165, 1.54) is 11.1 Å². The van der Waals surface area contributed by atoms with Gasteiger partial charge in [-0.05, 0) is 56.1 Å². The molecule has 0 heterocycles. The topological polar surface area (TPSA) is 37.4 Å². The first kappa shape index (κ1) is 16.2. The zero-order valence-electron chi connectivity index (χ0n) is 13.5. The van der Waals surface area contributed by atoms with Gasteiger partial charge in [0.25, 0.3) is 0 Å². The number of hydrogen-bond acceptors (Lipinski definition) is 3. The standard InChI is InChI=1S/C19H23NO2S/c1-20(19-13-12-16-8-5-6-11-18(16)19)14-7-15-23(21,22)17-9-3-2-4-10-17/h2-6,8-11,19H,7,12-15H2,1H3. The average molecular weight is 329 g/mol. The molecule has 0 saturated carbocycles. The number of rotatable bonds is 6. The lowest BCUT2D eigenvalue weighted by atomic mass is 10.1. The maximum absolute atomic E-state index is 12.3. The fraction of sp³-hybridized carbons (Fsp3) is 0.368. The maximum Gasteiger partial charge on any atom is 0.178 e. The van der Waals surface area contributed by atoms with E-state index in [1.54, 1.807) is 24.3 Å².